The molecule has 0 aliphatic carbocycles. The molecule has 0 saturated carbocycles. The Bertz CT molecular complexity index is 784. The summed E-state index contributed by atoms with van der Waals surface area (Å²) < 4.78 is 1.42. The van der Waals surface area contributed by atoms with Crippen molar-refractivity contribution in [1.29, 1.82) is 0 Å². The van der Waals surface area contributed by atoms with E-state index in [1.54, 1.807) is 25.1 Å². The first-order valence-electron chi connectivity index (χ1n) is 6.74. The third kappa shape index (κ3) is 2.15. The van der Waals surface area contributed by atoms with Gasteiger partial charge in [0.25, 0.3) is 5.56 Å². The molecule has 21 heavy (non-hydrogen) atoms. The highest BCUT2D eigenvalue weighted by Gasteiger charge is 2.30. The first-order valence-corrected chi connectivity index (χ1v) is 6.74. The molecule has 1 aromatic carbocycles. The van der Waals surface area contributed by atoms with E-state index in [9.17, 15) is 14.7 Å². The molecular formula is C14H16N4O3. The smallest absolute Gasteiger partial charge is 0.263 e. The number of hydrogen-bond acceptors (Lipinski definition) is 5. The average Bonchev–Trinajstić information content (AvgIpc) is 2.40. The summed E-state index contributed by atoms with van der Waals surface area (Å²) in [6.07, 6.45) is -0.462. The third-order valence-electron chi connectivity index (χ3n) is 3.81. The van der Waals surface area contributed by atoms with Crippen molar-refractivity contribution < 1.29 is 9.90 Å². The van der Waals surface area contributed by atoms with E-state index >= 15 is 0 Å². The molecule has 3 rings (SSSR count). The number of anilines is 1. The molecular weight excluding hydrogens is 272 g/mol. The van der Waals surface area contributed by atoms with Crippen molar-refractivity contribution in [2.75, 3.05) is 5.73 Å². The fourth-order valence-electron chi connectivity index (χ4n) is 2.81. The number of piperidine rings is 1. The number of carbonyl (C=O) groups is 1. The molecule has 4 N–H and O–H groups in total. The Morgan fingerprint density at radius 2 is 2.19 bits per heavy atom. The Kier molecular flexibility index (Phi) is 3.13. The van der Waals surface area contributed by atoms with Gasteiger partial charge < -0.3 is 16.2 Å². The van der Waals surface area contributed by atoms with Crippen LogP contribution in [0.4, 0.5) is 5.69 Å². The van der Waals surface area contributed by atoms with Crippen LogP contribution in [0.5, 0.6) is 0 Å². The number of amides is 1. The van der Waals surface area contributed by atoms with Gasteiger partial charge in [0, 0.05) is 12.1 Å². The third-order valence-corrected chi connectivity index (χ3v) is 3.81. The maximum atomic E-state index is 12.7. The van der Waals surface area contributed by atoms with Crippen molar-refractivity contribution in [2.45, 2.75) is 32.0 Å². The van der Waals surface area contributed by atoms with E-state index in [4.69, 9.17) is 5.73 Å². The Balaban J connectivity index is 2.21. The zero-order chi connectivity index (χ0) is 15.1. The van der Waals surface area contributed by atoms with Crippen molar-refractivity contribution in [3.8, 4) is 0 Å². The molecule has 1 aliphatic rings. The summed E-state index contributed by atoms with van der Waals surface area (Å²) in [6, 6.07) is 4.57. The largest absolute Gasteiger partial charge is 0.398 e. The van der Waals surface area contributed by atoms with Crippen LogP contribution < -0.4 is 16.6 Å². The summed E-state index contributed by atoms with van der Waals surface area (Å²) in [5.41, 5.74) is 6.47. The minimum absolute atomic E-state index is 0.224. The van der Waals surface area contributed by atoms with E-state index in [1.807, 2.05) is 0 Å². The summed E-state index contributed by atoms with van der Waals surface area (Å²) in [5.74, 6) is 0.260. The van der Waals surface area contributed by atoms with Crippen LogP contribution in [0.15, 0.2) is 23.0 Å². The number of nitrogen functional groups attached to an aromatic ring is 1. The second-order valence-corrected chi connectivity index (χ2v) is 5.19. The summed E-state index contributed by atoms with van der Waals surface area (Å²) in [6.45, 7) is 1.70. The summed E-state index contributed by atoms with van der Waals surface area (Å²) >= 11 is 0. The van der Waals surface area contributed by atoms with Crippen LogP contribution in [-0.2, 0) is 4.79 Å². The molecule has 0 radical (unpaired) electrons. The number of aliphatic hydroxyl groups excluding tert-OH is 1. The zero-order valence-corrected chi connectivity index (χ0v) is 11.5. The van der Waals surface area contributed by atoms with Gasteiger partial charge in [0.05, 0.1) is 16.9 Å². The zero-order valence-electron chi connectivity index (χ0n) is 11.5. The molecule has 0 bridgehead atoms. The number of aryl methyl sites for hydroxylation is 1. The predicted molar refractivity (Wildman–Crippen MR) is 77.6 cm³/mol. The predicted octanol–water partition coefficient (Wildman–Crippen LogP) is 0.0566. The molecule has 1 fully saturated rings. The van der Waals surface area contributed by atoms with Gasteiger partial charge in [-0.15, -0.1) is 0 Å². The van der Waals surface area contributed by atoms with Gasteiger partial charge in [-0.25, -0.2) is 4.98 Å². The molecule has 7 nitrogen and oxygen atoms in total. The minimum Gasteiger partial charge on any atom is -0.398 e. The van der Waals surface area contributed by atoms with Crippen LogP contribution in [0.3, 0.4) is 0 Å². The number of nitrogens with two attached hydrogens (primary N) is 1. The SMILES string of the molecule is Cc1nc2cccc(N)c2c(=O)n1[C@H]1CCC(=O)NC1O. The number of hydrogen-bond donors (Lipinski definition) is 3. The number of nitrogens with zero attached hydrogens (tertiary/aromatic N) is 2. The second-order valence-electron chi connectivity index (χ2n) is 5.19. The maximum Gasteiger partial charge on any atom is 0.263 e. The number of carbonyl (C=O) groups excluding carboxylic acids is 1. The molecule has 110 valence electrons. The first-order chi connectivity index (χ1) is 9.99. The normalized spacial score (nSPS) is 22.3. The van der Waals surface area contributed by atoms with E-state index in [0.717, 1.165) is 0 Å². The van der Waals surface area contributed by atoms with Crippen molar-refractivity contribution >= 4 is 22.5 Å². The highest BCUT2D eigenvalue weighted by molar-refractivity contribution is 5.89. The molecule has 2 heterocycles. The van der Waals surface area contributed by atoms with Gasteiger partial charge in [-0.3, -0.25) is 14.2 Å². The van der Waals surface area contributed by atoms with Gasteiger partial charge in [-0.2, -0.15) is 0 Å². The van der Waals surface area contributed by atoms with Crippen LogP contribution in [0.2, 0.25) is 0 Å². The van der Waals surface area contributed by atoms with Crippen LogP contribution in [0.25, 0.3) is 10.9 Å². The van der Waals surface area contributed by atoms with Gasteiger partial charge in [-0.05, 0) is 25.5 Å². The minimum atomic E-state index is -1.10. The van der Waals surface area contributed by atoms with E-state index in [-0.39, 0.29) is 17.9 Å². The van der Waals surface area contributed by atoms with Crippen molar-refractivity contribution in [2.24, 2.45) is 0 Å². The van der Waals surface area contributed by atoms with Crippen molar-refractivity contribution in [3.63, 3.8) is 0 Å². The van der Waals surface area contributed by atoms with E-state index in [2.05, 4.69) is 10.3 Å². The molecule has 0 spiro atoms. The second kappa shape index (κ2) is 4.85. The number of fused-ring (bicyclic) bond motifs is 1. The number of nitrogens with one attached hydrogen (secondary N) is 1. The van der Waals surface area contributed by atoms with Crippen LogP contribution in [0.1, 0.15) is 24.7 Å². The van der Waals surface area contributed by atoms with E-state index in [1.165, 1.54) is 4.57 Å². The quantitative estimate of drug-likeness (QED) is 0.642. The number of aliphatic hydroxyl groups is 1. The van der Waals surface area contributed by atoms with Crippen LogP contribution >= 0.6 is 0 Å². The van der Waals surface area contributed by atoms with Gasteiger partial charge in [0.15, 0.2) is 0 Å². The maximum absolute atomic E-state index is 12.7. The molecule has 1 unspecified atom stereocenters. The van der Waals surface area contributed by atoms with Crippen LogP contribution in [-0.4, -0.2) is 26.8 Å². The fraction of sp³-hybridized carbons (Fsp3) is 0.357. The fourth-order valence-corrected chi connectivity index (χ4v) is 2.81. The molecule has 1 aliphatic heterocycles. The lowest BCUT2D eigenvalue weighted by atomic mass is 10.0. The Labute approximate surface area is 120 Å². The lowest BCUT2D eigenvalue weighted by molar-refractivity contribution is -0.128. The molecule has 1 amide bonds. The molecule has 7 heteroatoms. The number of aromatic nitrogens is 2. The van der Waals surface area contributed by atoms with Crippen LogP contribution in [0, 0.1) is 6.92 Å². The van der Waals surface area contributed by atoms with Crippen molar-refractivity contribution in [3.05, 3.63) is 34.4 Å². The summed E-state index contributed by atoms with van der Waals surface area (Å²) in [7, 11) is 0. The Morgan fingerprint density at radius 3 is 2.90 bits per heavy atom. The first kappa shape index (κ1) is 13.6. The molecule has 2 atom stereocenters. The Hall–Kier alpha value is -2.41. The Morgan fingerprint density at radius 1 is 1.43 bits per heavy atom. The van der Waals surface area contributed by atoms with E-state index < -0.39 is 12.3 Å². The number of rotatable bonds is 1. The highest BCUT2D eigenvalue weighted by atomic mass is 16.3. The van der Waals surface area contributed by atoms with Gasteiger partial charge >= 0.3 is 0 Å². The highest BCUT2D eigenvalue weighted by Crippen LogP contribution is 2.23. The number of benzene rings is 1. The average molecular weight is 288 g/mol. The lowest BCUT2D eigenvalue weighted by Gasteiger charge is -2.30. The lowest BCUT2D eigenvalue weighted by Crippen LogP contribution is -2.48. The molecule has 1 saturated heterocycles. The monoisotopic (exact) mass is 288 g/mol. The van der Waals surface area contributed by atoms with Crippen molar-refractivity contribution in [1.82, 2.24) is 14.9 Å². The summed E-state index contributed by atoms with van der Waals surface area (Å²) in [5, 5.41) is 12.8. The molecule has 1 aromatic heterocycles. The van der Waals surface area contributed by atoms with Gasteiger partial charge in [-0.1, -0.05) is 6.07 Å². The van der Waals surface area contributed by atoms with E-state index in [0.29, 0.717) is 28.8 Å². The standard InChI is InChI=1S/C14H16N4O3/c1-7-16-9-4-2-3-8(15)12(9)14(21)18(7)10-5-6-11(19)17-13(10)20/h2-4,10,13,20H,5-6,15H2,1H3,(H,17,19)/t10-,13?/m0/s1. The summed E-state index contributed by atoms with van der Waals surface area (Å²) in [4.78, 5) is 28.4. The van der Waals surface area contributed by atoms with Gasteiger partial charge in [0.2, 0.25) is 5.91 Å². The molecule has 2 aromatic rings. The van der Waals surface area contributed by atoms with Gasteiger partial charge in [0.1, 0.15) is 12.1 Å². The topological polar surface area (TPSA) is 110 Å².